The Morgan fingerprint density at radius 3 is 2.38 bits per heavy atom. The first-order valence-corrected chi connectivity index (χ1v) is 18.9. The average Bonchev–Trinajstić information content (AvgIpc) is 3.56. The lowest BCUT2D eigenvalue weighted by molar-refractivity contribution is -0.125. The molecule has 13 heteroatoms. The summed E-state index contributed by atoms with van der Waals surface area (Å²) < 4.78 is 42.2. The van der Waals surface area contributed by atoms with Crippen LogP contribution in [0.4, 0.5) is 0 Å². The molecule has 0 unspecified atom stereocenters. The lowest BCUT2D eigenvalue weighted by Gasteiger charge is -2.34. The van der Waals surface area contributed by atoms with Gasteiger partial charge >= 0.3 is 0 Å². The molecule has 0 aliphatic carbocycles. The van der Waals surface area contributed by atoms with Crippen molar-refractivity contribution in [1.82, 2.24) is 23.8 Å². The third-order valence-electron chi connectivity index (χ3n) is 8.47. The fraction of sp³-hybridized carbons (Fsp3) is 0.486. The van der Waals surface area contributed by atoms with Crippen molar-refractivity contribution < 1.29 is 27.8 Å². The van der Waals surface area contributed by atoms with Gasteiger partial charge in [-0.25, -0.2) is 12.7 Å². The van der Waals surface area contributed by atoms with Gasteiger partial charge in [0.2, 0.25) is 22.7 Å². The van der Waals surface area contributed by atoms with Gasteiger partial charge in [-0.1, -0.05) is 63.1 Å². The molecule has 1 saturated heterocycles. The van der Waals surface area contributed by atoms with Gasteiger partial charge in [0, 0.05) is 75.9 Å². The minimum Gasteiger partial charge on any atom is -0.454 e. The van der Waals surface area contributed by atoms with E-state index in [4.69, 9.17) is 9.47 Å². The molecule has 1 fully saturated rings. The third kappa shape index (κ3) is 9.93. The van der Waals surface area contributed by atoms with E-state index in [0.29, 0.717) is 23.7 Å². The van der Waals surface area contributed by atoms with E-state index in [9.17, 15) is 18.3 Å². The number of carbonyl (C=O) groups is 1. The van der Waals surface area contributed by atoms with Crippen molar-refractivity contribution >= 4 is 27.9 Å². The van der Waals surface area contributed by atoms with Crippen molar-refractivity contribution in [2.45, 2.75) is 50.8 Å². The number of aromatic nitrogens is 1. The number of amides is 1. The molecular weight excluding hydrogens is 651 g/mol. The highest BCUT2D eigenvalue weighted by Gasteiger charge is 2.33. The number of pyridine rings is 1. The van der Waals surface area contributed by atoms with Crippen LogP contribution in [0.25, 0.3) is 0 Å². The van der Waals surface area contributed by atoms with E-state index >= 15 is 0 Å². The molecule has 3 heterocycles. The third-order valence-corrected chi connectivity index (χ3v) is 11.7. The topological polar surface area (TPSA) is 125 Å². The quantitative estimate of drug-likeness (QED) is 0.215. The molecule has 2 aliphatic heterocycles. The highest BCUT2D eigenvalue weighted by molar-refractivity contribution is 7.97. The van der Waals surface area contributed by atoms with Gasteiger partial charge in [-0.2, -0.15) is 4.31 Å². The number of hydrogen-bond acceptors (Lipinski definition) is 10. The van der Waals surface area contributed by atoms with Crippen LogP contribution in [0.5, 0.6) is 11.5 Å². The summed E-state index contributed by atoms with van der Waals surface area (Å²) in [5.41, 5.74) is 2.18. The van der Waals surface area contributed by atoms with Crippen LogP contribution in [0, 0.1) is 11.8 Å². The number of rotatable bonds is 16. The number of carbonyl (C=O) groups excluding carboxylic acids is 1. The highest BCUT2D eigenvalue weighted by Crippen LogP contribution is 2.35. The molecule has 0 saturated carbocycles. The molecule has 5 rings (SSSR count). The monoisotopic (exact) mass is 697 g/mol. The molecule has 260 valence electrons. The van der Waals surface area contributed by atoms with E-state index in [1.54, 1.807) is 18.0 Å². The second-order valence-electron chi connectivity index (χ2n) is 12.9. The highest BCUT2D eigenvalue weighted by atomic mass is 32.2. The van der Waals surface area contributed by atoms with Crippen molar-refractivity contribution in [2.24, 2.45) is 11.8 Å². The zero-order valence-electron chi connectivity index (χ0n) is 27.9. The molecule has 11 nitrogen and oxygen atoms in total. The number of nitrogens with zero attached hydrogens (tertiary/aromatic N) is 4. The van der Waals surface area contributed by atoms with Gasteiger partial charge in [0.15, 0.2) is 11.5 Å². The van der Waals surface area contributed by atoms with Crippen molar-refractivity contribution in [1.29, 1.82) is 0 Å². The number of aliphatic hydroxyl groups excluding tert-OH is 1. The number of ether oxygens (including phenoxy) is 2. The Morgan fingerprint density at radius 2 is 1.67 bits per heavy atom. The van der Waals surface area contributed by atoms with Gasteiger partial charge < -0.3 is 19.9 Å². The molecular formula is C35H47N5O6S2. The summed E-state index contributed by atoms with van der Waals surface area (Å²) in [7, 11) is -4.00. The number of piperazine rings is 1. The van der Waals surface area contributed by atoms with E-state index in [0.717, 1.165) is 38.3 Å². The van der Waals surface area contributed by atoms with Crippen LogP contribution in [0.1, 0.15) is 31.9 Å². The van der Waals surface area contributed by atoms with Crippen LogP contribution < -0.4 is 14.8 Å². The van der Waals surface area contributed by atoms with E-state index in [1.165, 1.54) is 22.0 Å². The van der Waals surface area contributed by atoms with Crippen molar-refractivity contribution in [2.75, 3.05) is 51.8 Å². The minimum absolute atomic E-state index is 0.00213. The molecule has 1 aromatic heterocycles. The summed E-state index contributed by atoms with van der Waals surface area (Å²) in [6, 6.07) is 17.5. The van der Waals surface area contributed by atoms with Crippen molar-refractivity contribution in [3.8, 4) is 11.5 Å². The second kappa shape index (κ2) is 17.0. The fourth-order valence-electron chi connectivity index (χ4n) is 5.73. The Hall–Kier alpha value is -3.20. The summed E-state index contributed by atoms with van der Waals surface area (Å²) >= 11 is 1.68. The largest absolute Gasteiger partial charge is 0.454 e. The van der Waals surface area contributed by atoms with Crippen LogP contribution in [0.3, 0.4) is 0 Å². The molecule has 48 heavy (non-hydrogen) atoms. The number of aliphatic hydroxyl groups is 1. The van der Waals surface area contributed by atoms with Gasteiger partial charge in [-0.3, -0.25) is 14.7 Å². The maximum Gasteiger partial charge on any atom is 0.243 e. The molecule has 1 amide bonds. The zero-order valence-corrected chi connectivity index (χ0v) is 29.5. The Kier molecular flexibility index (Phi) is 12.7. The van der Waals surface area contributed by atoms with E-state index < -0.39 is 22.2 Å². The van der Waals surface area contributed by atoms with Gasteiger partial charge in [0.1, 0.15) is 0 Å². The van der Waals surface area contributed by atoms with Gasteiger partial charge in [-0.05, 0) is 47.7 Å². The number of fused-ring (bicyclic) bond motifs is 1. The number of hydrogen-bond donors (Lipinski definition) is 2. The van der Waals surface area contributed by atoms with E-state index in [-0.39, 0.29) is 42.5 Å². The molecule has 3 aromatic rings. The molecule has 0 bridgehead atoms. The van der Waals surface area contributed by atoms with Crippen LogP contribution in [-0.4, -0.2) is 102 Å². The normalized spacial score (nSPS) is 17.4. The summed E-state index contributed by atoms with van der Waals surface area (Å²) in [4.78, 5) is 20.1. The number of sulfonamides is 1. The summed E-state index contributed by atoms with van der Waals surface area (Å²) in [5, 5.41) is 14.7. The lowest BCUT2D eigenvalue weighted by atomic mass is 10.00. The second-order valence-corrected chi connectivity index (χ2v) is 15.9. The standard InChI is InChI=1S/C35H47N5O6S2/c1-26(2)21-40(48(43,44)30-9-10-33-34(20-30)46-25-45-33)23-32(41)31(19-28-7-5-4-6-8-28)37-35(42)27(3)24-47-39-17-15-38(16-18-39)22-29-11-13-36-14-12-29/h4-14,20,26-27,31-32,41H,15-19,21-25H2,1-3H3,(H,37,42)/t27-,31+,32-/m1/s1. The summed E-state index contributed by atoms with van der Waals surface area (Å²) in [6.07, 6.45) is 2.83. The van der Waals surface area contributed by atoms with Crippen LogP contribution >= 0.6 is 11.9 Å². The minimum atomic E-state index is -4.00. The first-order chi connectivity index (χ1) is 23.1. The smallest absolute Gasteiger partial charge is 0.243 e. The van der Waals surface area contributed by atoms with Gasteiger partial charge in [-0.15, -0.1) is 0 Å². The van der Waals surface area contributed by atoms with Gasteiger partial charge in [0.25, 0.3) is 0 Å². The molecule has 2 N–H and O–H groups in total. The maximum absolute atomic E-state index is 13.9. The van der Waals surface area contributed by atoms with E-state index in [2.05, 4.69) is 19.5 Å². The zero-order chi connectivity index (χ0) is 34.1. The summed E-state index contributed by atoms with van der Waals surface area (Å²) in [5.74, 6) is 0.965. The lowest BCUT2D eigenvalue weighted by Crippen LogP contribution is -2.52. The molecule has 0 spiro atoms. The van der Waals surface area contributed by atoms with Crippen molar-refractivity contribution in [3.05, 3.63) is 84.2 Å². The predicted octanol–water partition coefficient (Wildman–Crippen LogP) is 3.65. The predicted molar refractivity (Wildman–Crippen MR) is 187 cm³/mol. The maximum atomic E-state index is 13.9. The Balaban J connectivity index is 1.21. The average molecular weight is 698 g/mol. The fourth-order valence-corrected chi connectivity index (χ4v) is 8.38. The Morgan fingerprint density at radius 1 is 0.958 bits per heavy atom. The Bertz CT molecular complexity index is 1570. The SMILES string of the molecule is CC(C)CN(C[C@@H](O)[C@H](Cc1ccccc1)NC(=O)[C@H](C)CSN1CCN(Cc2ccncc2)CC1)S(=O)(=O)c1ccc2c(c1)OCO2. The number of benzene rings is 2. The van der Waals surface area contributed by atoms with Gasteiger partial charge in [0.05, 0.1) is 17.0 Å². The molecule has 2 aromatic carbocycles. The molecule has 2 aliphatic rings. The first-order valence-electron chi connectivity index (χ1n) is 16.5. The molecule has 0 radical (unpaired) electrons. The van der Waals surface area contributed by atoms with Crippen LogP contribution in [0.2, 0.25) is 0 Å². The number of nitrogens with one attached hydrogen (secondary N) is 1. The first kappa shape index (κ1) is 36.1. The summed E-state index contributed by atoms with van der Waals surface area (Å²) in [6.45, 7) is 10.4. The Labute approximate surface area is 288 Å². The van der Waals surface area contributed by atoms with Crippen molar-refractivity contribution in [3.63, 3.8) is 0 Å². The molecule has 3 atom stereocenters. The van der Waals surface area contributed by atoms with E-state index in [1.807, 2.05) is 75.6 Å². The van der Waals surface area contributed by atoms with Crippen LogP contribution in [0.15, 0.2) is 78.0 Å². The van der Waals surface area contributed by atoms with Crippen LogP contribution in [-0.2, 0) is 27.8 Å².